The molecule has 0 aliphatic heterocycles. The molecule has 0 aromatic carbocycles. The summed E-state index contributed by atoms with van der Waals surface area (Å²) in [5.41, 5.74) is 0. The van der Waals surface area contributed by atoms with Gasteiger partial charge in [0, 0.05) is 18.6 Å². The minimum absolute atomic E-state index is 0.0339. The number of carbonyl (C=O) groups is 1. The minimum atomic E-state index is 0.0339. The molecule has 1 aromatic rings. The number of rotatable bonds is 10. The van der Waals surface area contributed by atoms with Crippen LogP contribution in [-0.4, -0.2) is 50.5 Å². The maximum absolute atomic E-state index is 11.8. The number of nitrogens with one attached hydrogen (secondary N) is 2. The smallest absolute Gasteiger partial charge is 0.230 e. The summed E-state index contributed by atoms with van der Waals surface area (Å²) in [5, 5.41) is 18.7. The first-order chi connectivity index (χ1) is 10.2. The van der Waals surface area contributed by atoms with Crippen molar-refractivity contribution in [2.45, 2.75) is 63.3 Å². The minimum Gasteiger partial charge on any atom is -0.353 e. The molecule has 0 radical (unpaired) electrons. The predicted molar refractivity (Wildman–Crippen MR) is 82.1 cm³/mol. The van der Waals surface area contributed by atoms with Gasteiger partial charge in [0.2, 0.25) is 11.1 Å². The Hall–Kier alpha value is -1.15. The molecule has 0 bridgehead atoms. The van der Waals surface area contributed by atoms with E-state index in [9.17, 15) is 4.79 Å². The quantitative estimate of drug-likeness (QED) is 0.622. The molecule has 0 spiro atoms. The maximum Gasteiger partial charge on any atom is 0.230 e. The molecule has 21 heavy (non-hydrogen) atoms. The predicted octanol–water partition coefficient (Wildman–Crippen LogP) is 0.822. The van der Waals surface area contributed by atoms with Crippen LogP contribution in [0.3, 0.4) is 0 Å². The second-order valence-electron chi connectivity index (χ2n) is 5.46. The number of aromatic nitrogens is 4. The van der Waals surface area contributed by atoms with Gasteiger partial charge in [-0.05, 0) is 36.6 Å². The SMILES string of the molecule is CCCC(C)NC(=O)CSc1nnnn1CCNC1CC1. The summed E-state index contributed by atoms with van der Waals surface area (Å²) in [5.74, 6) is 0.386. The molecule has 1 aliphatic carbocycles. The highest BCUT2D eigenvalue weighted by Gasteiger charge is 2.20. The van der Waals surface area contributed by atoms with Crippen LogP contribution in [0.2, 0.25) is 0 Å². The number of hydrogen-bond donors (Lipinski definition) is 2. The maximum atomic E-state index is 11.8. The standard InChI is InChI=1S/C13H24N6OS/c1-3-4-10(2)15-12(20)9-21-13-16-17-18-19(13)8-7-14-11-5-6-11/h10-11,14H,3-9H2,1-2H3,(H,15,20). The Morgan fingerprint density at radius 2 is 2.33 bits per heavy atom. The van der Waals surface area contributed by atoms with Gasteiger partial charge in [-0.15, -0.1) is 5.10 Å². The van der Waals surface area contributed by atoms with Gasteiger partial charge in [0.25, 0.3) is 0 Å². The van der Waals surface area contributed by atoms with E-state index in [-0.39, 0.29) is 11.9 Å². The molecular formula is C13H24N6OS. The van der Waals surface area contributed by atoms with Gasteiger partial charge in [0.05, 0.1) is 12.3 Å². The van der Waals surface area contributed by atoms with E-state index < -0.39 is 0 Å². The molecule has 2 rings (SSSR count). The molecular weight excluding hydrogens is 288 g/mol. The van der Waals surface area contributed by atoms with Gasteiger partial charge >= 0.3 is 0 Å². The van der Waals surface area contributed by atoms with Crippen molar-refractivity contribution in [2.75, 3.05) is 12.3 Å². The van der Waals surface area contributed by atoms with Crippen molar-refractivity contribution < 1.29 is 4.79 Å². The van der Waals surface area contributed by atoms with E-state index in [0.29, 0.717) is 17.0 Å². The van der Waals surface area contributed by atoms with Gasteiger partial charge in [-0.25, -0.2) is 4.68 Å². The zero-order valence-electron chi connectivity index (χ0n) is 12.7. The van der Waals surface area contributed by atoms with E-state index in [2.05, 4.69) is 33.1 Å². The van der Waals surface area contributed by atoms with Gasteiger partial charge in [0.15, 0.2) is 0 Å². The fourth-order valence-corrected chi connectivity index (χ4v) is 2.77. The first-order valence-electron chi connectivity index (χ1n) is 7.60. The van der Waals surface area contributed by atoms with Crippen molar-refractivity contribution in [1.29, 1.82) is 0 Å². The van der Waals surface area contributed by atoms with E-state index in [1.165, 1.54) is 24.6 Å². The molecule has 1 aromatic heterocycles. The Labute approximate surface area is 129 Å². The average Bonchev–Trinajstić information content (AvgIpc) is 3.15. The molecule has 7 nitrogen and oxygen atoms in total. The largest absolute Gasteiger partial charge is 0.353 e. The van der Waals surface area contributed by atoms with Crippen molar-refractivity contribution in [2.24, 2.45) is 0 Å². The molecule has 1 amide bonds. The summed E-state index contributed by atoms with van der Waals surface area (Å²) in [4.78, 5) is 11.8. The third-order valence-electron chi connectivity index (χ3n) is 3.29. The summed E-state index contributed by atoms with van der Waals surface area (Å²) in [6.07, 6.45) is 4.61. The number of nitrogens with zero attached hydrogens (tertiary/aromatic N) is 4. The van der Waals surface area contributed by atoms with Gasteiger partial charge in [-0.3, -0.25) is 4.79 Å². The lowest BCUT2D eigenvalue weighted by atomic mass is 10.2. The summed E-state index contributed by atoms with van der Waals surface area (Å²) >= 11 is 1.38. The van der Waals surface area contributed by atoms with E-state index in [0.717, 1.165) is 25.9 Å². The van der Waals surface area contributed by atoms with Gasteiger partial charge in [-0.2, -0.15) is 0 Å². The highest BCUT2D eigenvalue weighted by Crippen LogP contribution is 2.18. The van der Waals surface area contributed by atoms with Crippen LogP contribution in [0.25, 0.3) is 0 Å². The van der Waals surface area contributed by atoms with Crippen LogP contribution in [0.1, 0.15) is 39.5 Å². The second-order valence-corrected chi connectivity index (χ2v) is 6.40. The highest BCUT2D eigenvalue weighted by molar-refractivity contribution is 7.99. The summed E-state index contributed by atoms with van der Waals surface area (Å²) < 4.78 is 1.75. The molecule has 1 fully saturated rings. The monoisotopic (exact) mass is 312 g/mol. The van der Waals surface area contributed by atoms with E-state index >= 15 is 0 Å². The summed E-state index contributed by atoms with van der Waals surface area (Å²) in [6.45, 7) is 5.74. The first kappa shape index (κ1) is 16.2. The summed E-state index contributed by atoms with van der Waals surface area (Å²) in [6, 6.07) is 0.908. The average molecular weight is 312 g/mol. The lowest BCUT2D eigenvalue weighted by Gasteiger charge is -2.12. The molecule has 2 N–H and O–H groups in total. The van der Waals surface area contributed by atoms with Crippen LogP contribution >= 0.6 is 11.8 Å². The van der Waals surface area contributed by atoms with Gasteiger partial charge in [-0.1, -0.05) is 25.1 Å². The molecule has 1 atom stereocenters. The van der Waals surface area contributed by atoms with E-state index in [1.807, 2.05) is 6.92 Å². The Morgan fingerprint density at radius 1 is 1.52 bits per heavy atom. The van der Waals surface area contributed by atoms with Crippen molar-refractivity contribution in [1.82, 2.24) is 30.8 Å². The number of hydrogen-bond acceptors (Lipinski definition) is 6. The van der Waals surface area contributed by atoms with Crippen molar-refractivity contribution >= 4 is 17.7 Å². The fraction of sp³-hybridized carbons (Fsp3) is 0.846. The topological polar surface area (TPSA) is 84.7 Å². The molecule has 1 saturated carbocycles. The number of amides is 1. The molecule has 1 unspecified atom stereocenters. The lowest BCUT2D eigenvalue weighted by molar-refractivity contribution is -0.119. The number of carbonyl (C=O) groups excluding carboxylic acids is 1. The van der Waals surface area contributed by atoms with Crippen LogP contribution in [0.15, 0.2) is 5.16 Å². The number of tetrazole rings is 1. The molecule has 1 heterocycles. The summed E-state index contributed by atoms with van der Waals surface area (Å²) in [7, 11) is 0. The fourth-order valence-electron chi connectivity index (χ4n) is 2.05. The second kappa shape index (κ2) is 8.33. The third kappa shape index (κ3) is 6.01. The first-order valence-corrected chi connectivity index (χ1v) is 8.59. The Balaban J connectivity index is 1.69. The van der Waals surface area contributed by atoms with Crippen LogP contribution in [0.5, 0.6) is 0 Å². The zero-order chi connectivity index (χ0) is 15.1. The normalized spacial score (nSPS) is 15.9. The number of thioether (sulfide) groups is 1. The van der Waals surface area contributed by atoms with Crippen LogP contribution in [0.4, 0.5) is 0 Å². The molecule has 118 valence electrons. The van der Waals surface area contributed by atoms with Gasteiger partial charge < -0.3 is 10.6 Å². The zero-order valence-corrected chi connectivity index (χ0v) is 13.5. The van der Waals surface area contributed by atoms with E-state index in [4.69, 9.17) is 0 Å². The van der Waals surface area contributed by atoms with Crippen molar-refractivity contribution in [3.63, 3.8) is 0 Å². The van der Waals surface area contributed by atoms with Crippen molar-refractivity contribution in [3.8, 4) is 0 Å². The van der Waals surface area contributed by atoms with E-state index in [1.54, 1.807) is 4.68 Å². The lowest BCUT2D eigenvalue weighted by Crippen LogP contribution is -2.33. The third-order valence-corrected chi connectivity index (χ3v) is 4.25. The Morgan fingerprint density at radius 3 is 3.05 bits per heavy atom. The molecule has 1 aliphatic rings. The van der Waals surface area contributed by atoms with Crippen LogP contribution < -0.4 is 10.6 Å². The van der Waals surface area contributed by atoms with Crippen molar-refractivity contribution in [3.05, 3.63) is 0 Å². The molecule has 0 saturated heterocycles. The van der Waals surface area contributed by atoms with Gasteiger partial charge in [0.1, 0.15) is 0 Å². The highest BCUT2D eigenvalue weighted by atomic mass is 32.2. The molecule has 8 heteroatoms. The van der Waals surface area contributed by atoms with Crippen LogP contribution in [-0.2, 0) is 11.3 Å². The van der Waals surface area contributed by atoms with Crippen LogP contribution in [0, 0.1) is 0 Å². The Bertz CT molecular complexity index is 448. The Kier molecular flexibility index (Phi) is 6.44.